The third-order valence-electron chi connectivity index (χ3n) is 33.4. The first-order valence-corrected chi connectivity index (χ1v) is 48.0. The number of carbonyl (C=O) groups excluding carboxylic acids is 2. The lowest BCUT2D eigenvalue weighted by Crippen LogP contribution is -2.70. The molecule has 9 heterocycles. The number of hydrogen-bond acceptors (Lipinski definition) is 47. The maximum Gasteiger partial charge on any atom is 0.333 e. The fraction of sp³-hybridized carbons (Fsp3) is 0.913. The molecule has 798 valence electrons. The van der Waals surface area contributed by atoms with Gasteiger partial charge in [0.2, 0.25) is 6.29 Å². The molecule has 47 nitrogen and oxygen atoms in total. The average molecular weight is 2010 g/mol. The first kappa shape index (κ1) is 111. The van der Waals surface area contributed by atoms with Crippen LogP contribution < -0.4 is 0 Å². The van der Waals surface area contributed by atoms with E-state index >= 15 is 4.79 Å². The summed E-state index contributed by atoms with van der Waals surface area (Å²) in [6.45, 7) is 21.6. The normalized spacial score (nSPS) is 52.1. The number of ether oxygens (including phenoxy) is 20. The van der Waals surface area contributed by atoms with Gasteiger partial charge in [0.15, 0.2) is 62.7 Å². The first-order valence-electron chi connectivity index (χ1n) is 48.0. The summed E-state index contributed by atoms with van der Waals surface area (Å²) in [5.41, 5.74) is -7.03. The minimum Gasteiger partial charge on any atom is -0.458 e. The number of fused-ring (bicyclic) bond motifs is 7. The van der Waals surface area contributed by atoms with Crippen molar-refractivity contribution in [2.75, 3.05) is 40.1 Å². The summed E-state index contributed by atoms with van der Waals surface area (Å²) in [5.74, 6) is -3.57. The molecule has 139 heavy (non-hydrogen) atoms. The summed E-state index contributed by atoms with van der Waals surface area (Å²) in [4.78, 5) is 31.8. The molecular weight excluding hydrogens is 1860 g/mol. The minimum atomic E-state index is -2.26. The summed E-state index contributed by atoms with van der Waals surface area (Å²) in [6.07, 6.45) is -73.8. The Kier molecular flexibility index (Phi) is 34.5. The van der Waals surface area contributed by atoms with Crippen molar-refractivity contribution in [3.63, 3.8) is 0 Å². The molecule has 4 saturated carbocycles. The summed E-state index contributed by atoms with van der Waals surface area (Å²) in [7, 11) is 1.10. The van der Waals surface area contributed by atoms with Crippen LogP contribution in [0.3, 0.4) is 0 Å². The van der Waals surface area contributed by atoms with E-state index < -0.39 is 378 Å². The molecule has 9 saturated heterocycles. The number of rotatable bonds is 29. The van der Waals surface area contributed by atoms with Crippen LogP contribution in [0.15, 0.2) is 36.0 Å². The lowest BCUT2D eigenvalue weighted by Gasteiger charge is -2.72. The summed E-state index contributed by atoms with van der Waals surface area (Å²) < 4.78 is 122. The molecule has 0 amide bonds. The van der Waals surface area contributed by atoms with Crippen LogP contribution >= 0.6 is 0 Å². The predicted octanol–water partition coefficient (Wildman–Crippen LogP) is -7.79. The molecule has 0 spiro atoms. The van der Waals surface area contributed by atoms with Gasteiger partial charge in [-0.05, 0) is 132 Å². The lowest BCUT2D eigenvalue weighted by atomic mass is 9.33. The van der Waals surface area contributed by atoms with E-state index in [-0.39, 0.29) is 49.5 Å². The van der Waals surface area contributed by atoms with Gasteiger partial charge in [0, 0.05) is 24.5 Å². The Morgan fingerprint density at radius 2 is 0.935 bits per heavy atom. The van der Waals surface area contributed by atoms with Crippen LogP contribution in [0.25, 0.3) is 0 Å². The van der Waals surface area contributed by atoms with Crippen LogP contribution in [-0.4, -0.2) is 468 Å². The standard InChI is InChI=1S/C92H148O47/c1-15-88(10,139-81-66(115)56(105)49(98)34(3)123-81)22-16-17-33(2)74(118)130-48-27-92(85(119)138-84-73(61(110)67(116)75(120-14)137-84)136-80-68(117)70(133-78-64(113)57(106)52(101)40(28-93)126-78)69(36(5)125-80)132-77-63(112)54(103)42(30-95)128-77)38(25-86(48,6)7)37-18-19-45-89(11)23-21-47(87(8,9)44(89)20-24-90(45,12)91(37,13)26-46(92)97)131-83-72(135-79-65(114)58(107)53(102)41(29-94)127-79)60(109)55(104)43(129-83)32-122-82-71(59(108)50(99)35(4)124-82)134-76-62(111)51(100)39(96)31-121-76/h15,17-18,34-36,38-73,75-84,93-117H,1,16,19-32H2,2-14H3. The molecule has 0 aromatic heterocycles. The largest absolute Gasteiger partial charge is 0.458 e. The van der Waals surface area contributed by atoms with Gasteiger partial charge in [-0.15, -0.1) is 6.58 Å². The average Bonchev–Trinajstić information content (AvgIpc) is 0.907. The maximum atomic E-state index is 16.8. The van der Waals surface area contributed by atoms with Crippen molar-refractivity contribution in [3.05, 3.63) is 36.0 Å². The van der Waals surface area contributed by atoms with E-state index in [1.54, 1.807) is 13.0 Å². The second-order valence-electron chi connectivity index (χ2n) is 42.7. The van der Waals surface area contributed by atoms with E-state index in [1.165, 1.54) is 33.8 Å². The van der Waals surface area contributed by atoms with Gasteiger partial charge in [-0.2, -0.15) is 0 Å². The maximum absolute atomic E-state index is 16.8. The number of esters is 2. The number of methoxy groups -OCH3 is 1. The van der Waals surface area contributed by atoms with Gasteiger partial charge in [0.25, 0.3) is 0 Å². The van der Waals surface area contributed by atoms with Crippen molar-refractivity contribution >= 4 is 11.9 Å². The molecular formula is C92H148O47. The highest BCUT2D eigenvalue weighted by Crippen LogP contribution is 2.76. The molecule has 14 rings (SSSR count). The fourth-order valence-electron chi connectivity index (χ4n) is 24.4. The molecule has 5 aliphatic carbocycles. The molecule has 0 radical (unpaired) electrons. The minimum absolute atomic E-state index is 0.00456. The van der Waals surface area contributed by atoms with Gasteiger partial charge >= 0.3 is 11.9 Å². The van der Waals surface area contributed by atoms with Crippen molar-refractivity contribution in [1.29, 1.82) is 0 Å². The smallest absolute Gasteiger partial charge is 0.333 e. The quantitative estimate of drug-likeness (QED) is 0.0143. The second kappa shape index (κ2) is 43.2. The van der Waals surface area contributed by atoms with Gasteiger partial charge in [0.1, 0.15) is 189 Å². The topological polar surface area (TPSA) is 724 Å². The highest BCUT2D eigenvalue weighted by Gasteiger charge is 2.74. The van der Waals surface area contributed by atoms with Gasteiger partial charge in [0.05, 0.1) is 69.2 Å². The van der Waals surface area contributed by atoms with Crippen molar-refractivity contribution in [1.82, 2.24) is 0 Å². The lowest BCUT2D eigenvalue weighted by molar-refractivity contribution is -0.399. The van der Waals surface area contributed by atoms with Crippen LogP contribution in [0.4, 0.5) is 0 Å². The van der Waals surface area contributed by atoms with Crippen molar-refractivity contribution in [2.45, 2.75) is 436 Å². The van der Waals surface area contributed by atoms with E-state index in [0.717, 1.165) is 12.7 Å². The van der Waals surface area contributed by atoms with Gasteiger partial charge in [-0.1, -0.05) is 72.3 Å². The molecule has 0 aromatic carbocycles. The molecule has 54 atom stereocenters. The van der Waals surface area contributed by atoms with Crippen LogP contribution in [-0.2, 0) is 104 Å². The van der Waals surface area contributed by atoms with Gasteiger partial charge < -0.3 is 222 Å². The third kappa shape index (κ3) is 20.6. The van der Waals surface area contributed by atoms with Crippen molar-refractivity contribution in [3.8, 4) is 0 Å². The van der Waals surface area contributed by atoms with Crippen molar-refractivity contribution < 1.29 is 232 Å². The molecule has 14 aliphatic rings. The summed E-state index contributed by atoms with van der Waals surface area (Å²) >= 11 is 0. The monoisotopic (exact) mass is 2000 g/mol. The number of carbonyl (C=O) groups is 2. The Balaban J connectivity index is 0.767. The van der Waals surface area contributed by atoms with E-state index in [0.29, 0.717) is 25.7 Å². The van der Waals surface area contributed by atoms with E-state index in [2.05, 4.69) is 33.4 Å². The van der Waals surface area contributed by atoms with Crippen molar-refractivity contribution in [2.24, 2.45) is 50.2 Å². The molecule has 54 unspecified atom stereocenters. The molecule has 47 heteroatoms. The zero-order valence-electron chi connectivity index (χ0n) is 80.0. The van der Waals surface area contributed by atoms with Gasteiger partial charge in [-0.3, -0.25) is 4.79 Å². The Bertz CT molecular complexity index is 4170. The molecule has 25 N–H and O–H groups in total. The van der Waals surface area contributed by atoms with Gasteiger partial charge in [-0.25, -0.2) is 4.79 Å². The number of aliphatic hydroxyl groups is 25. The number of hydrogen-bond donors (Lipinski definition) is 25. The van der Waals surface area contributed by atoms with E-state index in [1.807, 2.05) is 27.7 Å². The Morgan fingerprint density at radius 3 is 1.53 bits per heavy atom. The Morgan fingerprint density at radius 1 is 0.460 bits per heavy atom. The van der Waals surface area contributed by atoms with Crippen LogP contribution in [0.1, 0.15) is 147 Å². The zero-order valence-corrected chi connectivity index (χ0v) is 80.0. The van der Waals surface area contributed by atoms with E-state index in [9.17, 15) is 132 Å². The molecule has 9 aliphatic heterocycles. The first-order chi connectivity index (χ1) is 65.2. The number of aliphatic hydroxyl groups excluding tert-OH is 25. The zero-order chi connectivity index (χ0) is 102. The SMILES string of the molecule is C=CC(C)(CCC=C(C)C(=O)OC1CC2(C(=O)OC3OC(OC)C(O)C(O)C3OC3OC(C)C(OC4OC(CO)C(O)C4O)C(OC4OC(CO)C(O)C(O)C4O)C3O)C(O)CC3(C)C(=CCC4C5(C)CCC(OC6OC(COC7OC(C)C(O)C(O)C7OC7OCC(O)C(O)C7O)C(O)C(O)C6OC6OC(CO)C(O)C(O)C6O)C(C)(C)C5CCC43C)C2CC1(C)C)OC1OC(C)C(O)C(O)C1O. The van der Waals surface area contributed by atoms with Crippen LogP contribution in [0.5, 0.6) is 0 Å². The molecule has 13 fully saturated rings. The van der Waals surface area contributed by atoms with Crippen LogP contribution in [0, 0.1) is 50.2 Å². The highest BCUT2D eigenvalue weighted by molar-refractivity contribution is 5.88. The predicted molar refractivity (Wildman–Crippen MR) is 460 cm³/mol. The number of allylic oxidation sites excluding steroid dienone is 3. The molecule has 0 bridgehead atoms. The highest BCUT2D eigenvalue weighted by atomic mass is 16.8. The Hall–Kier alpha value is -3.56. The summed E-state index contributed by atoms with van der Waals surface area (Å²) in [6, 6.07) is 0. The third-order valence-corrected chi connectivity index (χ3v) is 33.4. The fourth-order valence-corrected chi connectivity index (χ4v) is 24.4. The van der Waals surface area contributed by atoms with E-state index in [4.69, 9.17) is 94.7 Å². The second-order valence-corrected chi connectivity index (χ2v) is 42.7. The Labute approximate surface area is 802 Å². The summed E-state index contributed by atoms with van der Waals surface area (Å²) in [5, 5.41) is 280. The molecule has 0 aromatic rings. The van der Waals surface area contributed by atoms with Crippen LogP contribution in [0.2, 0.25) is 0 Å².